The van der Waals surface area contributed by atoms with E-state index in [4.69, 9.17) is 9.47 Å². The Kier molecular flexibility index (Phi) is 12.3. The molecule has 2 amide bonds. The van der Waals surface area contributed by atoms with Gasteiger partial charge in [-0.05, 0) is 56.4 Å². The summed E-state index contributed by atoms with van der Waals surface area (Å²) in [5, 5.41) is 14.0. The van der Waals surface area contributed by atoms with Gasteiger partial charge in [0.1, 0.15) is 12.4 Å². The number of nitrogens with zero attached hydrogens (tertiary/aromatic N) is 1. The lowest BCUT2D eigenvalue weighted by Gasteiger charge is -2.29. The van der Waals surface area contributed by atoms with Crippen molar-refractivity contribution in [3.05, 3.63) is 65.7 Å². The monoisotopic (exact) mass is 484 g/mol. The van der Waals surface area contributed by atoms with Crippen molar-refractivity contribution in [3.63, 3.8) is 0 Å². The molecule has 0 saturated carbocycles. The Labute approximate surface area is 209 Å². The van der Waals surface area contributed by atoms with E-state index in [0.29, 0.717) is 45.4 Å². The molecule has 0 heterocycles. The second kappa shape index (κ2) is 15.2. The summed E-state index contributed by atoms with van der Waals surface area (Å²) >= 11 is 0. The molecule has 0 bridgehead atoms. The van der Waals surface area contributed by atoms with Crippen LogP contribution in [0.5, 0.6) is 5.75 Å². The summed E-state index contributed by atoms with van der Waals surface area (Å²) in [4.78, 5) is 26.4. The molecule has 0 aliphatic heterocycles. The normalized spacial score (nSPS) is 12.7. The van der Waals surface area contributed by atoms with Gasteiger partial charge in [0.05, 0.1) is 18.8 Å². The molecule has 35 heavy (non-hydrogen) atoms. The van der Waals surface area contributed by atoms with Crippen molar-refractivity contribution >= 4 is 11.8 Å². The average molecular weight is 485 g/mol. The van der Waals surface area contributed by atoms with E-state index in [9.17, 15) is 14.7 Å². The maximum absolute atomic E-state index is 12.8. The van der Waals surface area contributed by atoms with Crippen LogP contribution in [0.1, 0.15) is 44.7 Å². The zero-order valence-electron chi connectivity index (χ0n) is 21.4. The maximum atomic E-state index is 12.8. The van der Waals surface area contributed by atoms with Crippen molar-refractivity contribution in [3.8, 4) is 5.75 Å². The van der Waals surface area contributed by atoms with E-state index in [2.05, 4.69) is 5.32 Å². The first-order valence-electron chi connectivity index (χ1n) is 12.3. The lowest BCUT2D eigenvalue weighted by atomic mass is 9.98. The predicted molar refractivity (Wildman–Crippen MR) is 137 cm³/mol. The number of nitrogens with one attached hydrogen (secondary N) is 1. The molecular weight excluding hydrogens is 444 g/mol. The number of amides is 2. The molecule has 192 valence electrons. The predicted octanol–water partition coefficient (Wildman–Crippen LogP) is 3.38. The number of carbonyl (C=O) groups is 2. The minimum absolute atomic E-state index is 0.0223. The van der Waals surface area contributed by atoms with E-state index in [1.54, 1.807) is 12.0 Å². The van der Waals surface area contributed by atoms with Gasteiger partial charge in [-0.15, -0.1) is 0 Å². The summed E-state index contributed by atoms with van der Waals surface area (Å²) in [6.45, 7) is 6.90. The minimum atomic E-state index is -0.775. The van der Waals surface area contributed by atoms with Crippen LogP contribution in [-0.2, 0) is 27.2 Å². The number of ether oxygens (including phenoxy) is 2. The van der Waals surface area contributed by atoms with Gasteiger partial charge in [-0.1, -0.05) is 42.5 Å². The highest BCUT2D eigenvalue weighted by Crippen LogP contribution is 2.15. The number of carbonyl (C=O) groups excluding carboxylic acids is 2. The third-order valence-electron chi connectivity index (χ3n) is 5.92. The molecule has 2 N–H and O–H groups in total. The van der Waals surface area contributed by atoms with Crippen LogP contribution >= 0.6 is 0 Å². The Hall–Kier alpha value is -2.90. The molecule has 0 fully saturated rings. The smallest absolute Gasteiger partial charge is 0.220 e. The third-order valence-corrected chi connectivity index (χ3v) is 5.92. The first-order chi connectivity index (χ1) is 16.8. The maximum Gasteiger partial charge on any atom is 0.220 e. The molecule has 0 saturated heterocycles. The lowest BCUT2D eigenvalue weighted by molar-refractivity contribution is -0.131. The Morgan fingerprint density at radius 1 is 1.00 bits per heavy atom. The number of aliphatic hydroxyl groups excluding tert-OH is 1. The van der Waals surface area contributed by atoms with Crippen LogP contribution < -0.4 is 10.1 Å². The molecule has 2 aromatic carbocycles. The first-order valence-corrected chi connectivity index (χ1v) is 12.3. The summed E-state index contributed by atoms with van der Waals surface area (Å²) < 4.78 is 10.6. The molecule has 1 unspecified atom stereocenters. The molecule has 0 spiro atoms. The van der Waals surface area contributed by atoms with Gasteiger partial charge >= 0.3 is 0 Å². The van der Waals surface area contributed by atoms with Crippen molar-refractivity contribution in [2.24, 2.45) is 0 Å². The average Bonchev–Trinajstić information content (AvgIpc) is 2.83. The molecule has 0 aliphatic carbocycles. The van der Waals surface area contributed by atoms with Gasteiger partial charge in [0.2, 0.25) is 11.8 Å². The second-order valence-electron chi connectivity index (χ2n) is 9.01. The van der Waals surface area contributed by atoms with E-state index in [1.165, 1.54) is 6.92 Å². The largest absolute Gasteiger partial charge is 0.491 e. The van der Waals surface area contributed by atoms with E-state index < -0.39 is 12.1 Å². The van der Waals surface area contributed by atoms with Crippen molar-refractivity contribution in [1.29, 1.82) is 0 Å². The van der Waals surface area contributed by atoms with Crippen LogP contribution in [0.2, 0.25) is 0 Å². The molecule has 0 radical (unpaired) electrons. The first kappa shape index (κ1) is 28.3. The number of hydrogen-bond acceptors (Lipinski definition) is 5. The van der Waals surface area contributed by atoms with Gasteiger partial charge < -0.3 is 24.8 Å². The Balaban J connectivity index is 1.95. The fraction of sp³-hybridized carbons (Fsp3) is 0.500. The van der Waals surface area contributed by atoms with Gasteiger partial charge in [0.15, 0.2) is 0 Å². The summed E-state index contributed by atoms with van der Waals surface area (Å²) in [6, 6.07) is 17.1. The van der Waals surface area contributed by atoms with Gasteiger partial charge in [-0.3, -0.25) is 9.59 Å². The number of aryl methyl sites for hydroxylation is 1. The van der Waals surface area contributed by atoms with Crippen LogP contribution in [0.15, 0.2) is 54.6 Å². The molecule has 0 aliphatic rings. The van der Waals surface area contributed by atoms with Crippen molar-refractivity contribution in [2.75, 3.05) is 26.9 Å². The zero-order valence-corrected chi connectivity index (χ0v) is 21.4. The van der Waals surface area contributed by atoms with E-state index >= 15 is 0 Å². The summed E-state index contributed by atoms with van der Waals surface area (Å²) in [5.74, 6) is 0.631. The Morgan fingerprint density at radius 3 is 2.29 bits per heavy atom. The number of benzene rings is 2. The van der Waals surface area contributed by atoms with Crippen LogP contribution in [-0.4, -0.2) is 66.9 Å². The Bertz CT molecular complexity index is 886. The van der Waals surface area contributed by atoms with Crippen molar-refractivity contribution in [2.45, 2.75) is 64.6 Å². The summed E-state index contributed by atoms with van der Waals surface area (Å²) in [5.41, 5.74) is 2.07. The van der Waals surface area contributed by atoms with E-state index in [1.807, 2.05) is 68.4 Å². The highest BCUT2D eigenvalue weighted by Gasteiger charge is 2.23. The molecule has 7 nitrogen and oxygen atoms in total. The molecule has 0 aromatic heterocycles. The minimum Gasteiger partial charge on any atom is -0.491 e. The summed E-state index contributed by atoms with van der Waals surface area (Å²) in [6.07, 6.45) is 1.03. The fourth-order valence-electron chi connectivity index (χ4n) is 3.94. The van der Waals surface area contributed by atoms with Crippen LogP contribution in [0, 0.1) is 0 Å². The fourth-order valence-corrected chi connectivity index (χ4v) is 3.94. The number of aliphatic hydroxyl groups is 1. The highest BCUT2D eigenvalue weighted by molar-refractivity contribution is 5.76. The van der Waals surface area contributed by atoms with Gasteiger partial charge in [0, 0.05) is 33.0 Å². The molecular formula is C28H40N2O5. The topological polar surface area (TPSA) is 88.1 Å². The molecule has 7 heteroatoms. The standard InChI is InChI=1S/C28H40N2O5/c1-21(2)30(22(3)31)17-16-27(32)26(20-24-8-6-5-7-9-24)29-28(33)15-12-23-10-13-25(14-11-23)35-19-18-34-4/h5-11,13-14,21,26-27,32H,12,15-20H2,1-4H3,(H,29,33)/t26-,27?/m0/s1. The van der Waals surface area contributed by atoms with E-state index in [-0.39, 0.29) is 17.9 Å². The van der Waals surface area contributed by atoms with Gasteiger partial charge in [-0.25, -0.2) is 0 Å². The lowest BCUT2D eigenvalue weighted by Crippen LogP contribution is -2.47. The molecule has 2 rings (SSSR count). The number of rotatable bonds is 15. The van der Waals surface area contributed by atoms with E-state index in [0.717, 1.165) is 16.9 Å². The number of hydrogen-bond donors (Lipinski definition) is 2. The second-order valence-corrected chi connectivity index (χ2v) is 9.01. The number of methoxy groups -OCH3 is 1. The molecule has 2 atom stereocenters. The third kappa shape index (κ3) is 10.5. The van der Waals surface area contributed by atoms with Crippen LogP contribution in [0.4, 0.5) is 0 Å². The van der Waals surface area contributed by atoms with Crippen LogP contribution in [0.25, 0.3) is 0 Å². The quantitative estimate of drug-likeness (QED) is 0.379. The SMILES string of the molecule is COCCOc1ccc(CCC(=O)N[C@@H](Cc2ccccc2)C(O)CCN(C(C)=O)C(C)C)cc1. The van der Waals surface area contributed by atoms with Crippen molar-refractivity contribution < 1.29 is 24.2 Å². The Morgan fingerprint density at radius 2 is 1.69 bits per heavy atom. The van der Waals surface area contributed by atoms with Crippen molar-refractivity contribution in [1.82, 2.24) is 10.2 Å². The summed E-state index contributed by atoms with van der Waals surface area (Å²) in [7, 11) is 1.63. The van der Waals surface area contributed by atoms with Gasteiger partial charge in [-0.2, -0.15) is 0 Å². The highest BCUT2D eigenvalue weighted by atomic mass is 16.5. The zero-order chi connectivity index (χ0) is 25.6. The van der Waals surface area contributed by atoms with Crippen LogP contribution in [0.3, 0.4) is 0 Å². The van der Waals surface area contributed by atoms with Gasteiger partial charge in [0.25, 0.3) is 0 Å². The molecule has 2 aromatic rings.